The van der Waals surface area contributed by atoms with E-state index in [1.807, 2.05) is 0 Å². The fourth-order valence-corrected chi connectivity index (χ4v) is 2.11. The molecule has 0 bridgehead atoms. The molecule has 0 amide bonds. The van der Waals surface area contributed by atoms with E-state index >= 15 is 0 Å². The fourth-order valence-electron chi connectivity index (χ4n) is 2.11. The van der Waals surface area contributed by atoms with Crippen LogP contribution in [0.2, 0.25) is 0 Å². The van der Waals surface area contributed by atoms with Gasteiger partial charge < -0.3 is 9.84 Å². The van der Waals surface area contributed by atoms with Crippen molar-refractivity contribution in [3.05, 3.63) is 0 Å². The number of carboxylic acids is 1. The van der Waals surface area contributed by atoms with E-state index in [2.05, 4.69) is 13.8 Å². The van der Waals surface area contributed by atoms with Crippen LogP contribution in [0.1, 0.15) is 33.1 Å². The van der Waals surface area contributed by atoms with Gasteiger partial charge in [-0.05, 0) is 18.3 Å². The minimum atomic E-state index is -0.976. The number of rotatable bonds is 4. The van der Waals surface area contributed by atoms with E-state index in [1.165, 1.54) is 0 Å². The van der Waals surface area contributed by atoms with Crippen molar-refractivity contribution in [3.8, 4) is 0 Å². The van der Waals surface area contributed by atoms with Crippen LogP contribution < -0.4 is 0 Å². The van der Waals surface area contributed by atoms with Crippen molar-refractivity contribution in [2.24, 2.45) is 11.8 Å². The molecule has 4 nitrogen and oxygen atoms in total. The molecule has 0 saturated heterocycles. The van der Waals surface area contributed by atoms with Gasteiger partial charge in [-0.15, -0.1) is 0 Å². The summed E-state index contributed by atoms with van der Waals surface area (Å²) in [5.74, 6) is -0.0586. The number of aliphatic carboxylic acids is 1. The molecule has 0 aromatic rings. The summed E-state index contributed by atoms with van der Waals surface area (Å²) in [7, 11) is 0. The Hall–Kier alpha value is -0.900. The zero-order chi connectivity index (χ0) is 11.4. The van der Waals surface area contributed by atoms with Crippen molar-refractivity contribution >= 4 is 11.8 Å². The van der Waals surface area contributed by atoms with Crippen LogP contribution in [0.3, 0.4) is 0 Å². The van der Waals surface area contributed by atoms with Crippen LogP contribution in [0.5, 0.6) is 0 Å². The second-order valence-electron chi connectivity index (χ2n) is 4.43. The van der Waals surface area contributed by atoms with Gasteiger partial charge >= 0.3 is 5.97 Å². The zero-order valence-electron chi connectivity index (χ0n) is 9.23. The summed E-state index contributed by atoms with van der Waals surface area (Å²) >= 11 is 0. The minimum Gasteiger partial charge on any atom is -0.480 e. The third-order valence-electron chi connectivity index (χ3n) is 2.94. The Morgan fingerprint density at radius 2 is 2.27 bits per heavy atom. The van der Waals surface area contributed by atoms with Gasteiger partial charge in [0.2, 0.25) is 0 Å². The van der Waals surface area contributed by atoms with E-state index in [9.17, 15) is 9.59 Å². The van der Waals surface area contributed by atoms with Crippen LogP contribution in [-0.4, -0.2) is 29.6 Å². The molecule has 4 heteroatoms. The standard InChI is InChI=1S/C11H18O4/c1-7(2)9-4-3-8(12)5-10(9)15-6-11(13)14/h7,9-10H,3-6H2,1-2H3,(H,13,14)/t9-,10-/m1/s1. The lowest BCUT2D eigenvalue weighted by atomic mass is 9.79. The van der Waals surface area contributed by atoms with Crippen molar-refractivity contribution in [3.63, 3.8) is 0 Å². The van der Waals surface area contributed by atoms with E-state index in [4.69, 9.17) is 9.84 Å². The second-order valence-corrected chi connectivity index (χ2v) is 4.43. The highest BCUT2D eigenvalue weighted by Gasteiger charge is 2.32. The first-order valence-electron chi connectivity index (χ1n) is 5.35. The number of hydrogen-bond acceptors (Lipinski definition) is 3. The van der Waals surface area contributed by atoms with Gasteiger partial charge in [0, 0.05) is 12.8 Å². The summed E-state index contributed by atoms with van der Waals surface area (Å²) in [6.07, 6.45) is 1.59. The molecule has 0 aliphatic heterocycles. The normalized spacial score (nSPS) is 27.0. The van der Waals surface area contributed by atoms with E-state index < -0.39 is 5.97 Å². The maximum Gasteiger partial charge on any atom is 0.329 e. The molecule has 2 atom stereocenters. The Morgan fingerprint density at radius 3 is 2.80 bits per heavy atom. The van der Waals surface area contributed by atoms with Crippen LogP contribution in [0.15, 0.2) is 0 Å². The van der Waals surface area contributed by atoms with Crippen molar-refractivity contribution in [1.82, 2.24) is 0 Å². The molecule has 15 heavy (non-hydrogen) atoms. The average Bonchev–Trinajstić information content (AvgIpc) is 2.14. The molecule has 86 valence electrons. The summed E-state index contributed by atoms with van der Waals surface area (Å²) in [6, 6.07) is 0. The number of ketones is 1. The molecule has 1 N–H and O–H groups in total. The van der Waals surface area contributed by atoms with Gasteiger partial charge in [-0.25, -0.2) is 4.79 Å². The Labute approximate surface area is 89.6 Å². The van der Waals surface area contributed by atoms with Crippen LogP contribution in [0, 0.1) is 11.8 Å². The maximum absolute atomic E-state index is 11.3. The number of hydrogen-bond donors (Lipinski definition) is 1. The Morgan fingerprint density at radius 1 is 1.60 bits per heavy atom. The molecule has 1 aliphatic carbocycles. The lowest BCUT2D eigenvalue weighted by molar-refractivity contribution is -0.149. The smallest absolute Gasteiger partial charge is 0.329 e. The maximum atomic E-state index is 11.3. The average molecular weight is 214 g/mol. The molecule has 0 unspecified atom stereocenters. The third kappa shape index (κ3) is 3.63. The predicted octanol–water partition coefficient (Wildman–Crippen LogP) is 1.48. The Kier molecular flexibility index (Phi) is 4.27. The topological polar surface area (TPSA) is 63.6 Å². The number of carboxylic acid groups (broad SMARTS) is 1. The van der Waals surface area contributed by atoms with Gasteiger partial charge in [-0.1, -0.05) is 13.8 Å². The molecule has 0 radical (unpaired) electrons. The molecule has 0 aromatic heterocycles. The van der Waals surface area contributed by atoms with Gasteiger partial charge in [0.25, 0.3) is 0 Å². The highest BCUT2D eigenvalue weighted by atomic mass is 16.5. The number of ether oxygens (including phenoxy) is 1. The van der Waals surface area contributed by atoms with Crippen LogP contribution in [0.4, 0.5) is 0 Å². The molecule has 1 aliphatic rings. The second kappa shape index (κ2) is 5.26. The van der Waals surface area contributed by atoms with E-state index in [1.54, 1.807) is 0 Å². The summed E-state index contributed by atoms with van der Waals surface area (Å²) in [6.45, 7) is 3.86. The zero-order valence-corrected chi connectivity index (χ0v) is 9.23. The summed E-state index contributed by atoms with van der Waals surface area (Å²) < 4.78 is 5.27. The SMILES string of the molecule is CC(C)[C@H]1CCC(=O)C[C@H]1OCC(=O)O. The monoisotopic (exact) mass is 214 g/mol. The quantitative estimate of drug-likeness (QED) is 0.770. The van der Waals surface area contributed by atoms with Gasteiger partial charge in [-0.2, -0.15) is 0 Å². The molecular formula is C11H18O4. The van der Waals surface area contributed by atoms with Gasteiger partial charge in [-0.3, -0.25) is 4.79 Å². The lowest BCUT2D eigenvalue weighted by Gasteiger charge is -2.33. The first-order chi connectivity index (χ1) is 7.00. The molecule has 1 saturated carbocycles. The highest BCUT2D eigenvalue weighted by Crippen LogP contribution is 2.30. The Bertz CT molecular complexity index is 247. The minimum absolute atomic E-state index is 0.183. The van der Waals surface area contributed by atoms with Crippen LogP contribution >= 0.6 is 0 Å². The lowest BCUT2D eigenvalue weighted by Crippen LogP contribution is -2.36. The van der Waals surface area contributed by atoms with Gasteiger partial charge in [0.1, 0.15) is 12.4 Å². The van der Waals surface area contributed by atoms with E-state index in [-0.39, 0.29) is 18.5 Å². The number of Topliss-reactive ketones (excluding diaryl/α,β-unsaturated/α-hetero) is 1. The number of carbonyl (C=O) groups is 2. The van der Waals surface area contributed by atoms with Crippen LogP contribution in [0.25, 0.3) is 0 Å². The van der Waals surface area contributed by atoms with E-state index in [0.29, 0.717) is 24.7 Å². The van der Waals surface area contributed by atoms with Gasteiger partial charge in [0.05, 0.1) is 6.10 Å². The largest absolute Gasteiger partial charge is 0.480 e. The summed E-state index contributed by atoms with van der Waals surface area (Å²) in [4.78, 5) is 21.6. The number of carbonyl (C=O) groups excluding carboxylic acids is 1. The van der Waals surface area contributed by atoms with Crippen molar-refractivity contribution in [2.75, 3.05) is 6.61 Å². The van der Waals surface area contributed by atoms with Crippen molar-refractivity contribution in [2.45, 2.75) is 39.2 Å². The highest BCUT2D eigenvalue weighted by molar-refractivity contribution is 5.79. The molecule has 0 spiro atoms. The van der Waals surface area contributed by atoms with Crippen LogP contribution in [-0.2, 0) is 14.3 Å². The third-order valence-corrected chi connectivity index (χ3v) is 2.94. The van der Waals surface area contributed by atoms with Crippen molar-refractivity contribution in [1.29, 1.82) is 0 Å². The molecule has 0 aromatic carbocycles. The summed E-state index contributed by atoms with van der Waals surface area (Å²) in [5.41, 5.74) is 0. The summed E-state index contributed by atoms with van der Waals surface area (Å²) in [5, 5.41) is 8.52. The molecule has 0 heterocycles. The first-order valence-corrected chi connectivity index (χ1v) is 5.35. The first kappa shape index (κ1) is 12.2. The molecule has 1 fully saturated rings. The van der Waals surface area contributed by atoms with Crippen molar-refractivity contribution < 1.29 is 19.4 Å². The molecule has 1 rings (SSSR count). The molecular weight excluding hydrogens is 196 g/mol. The Balaban J connectivity index is 2.53. The predicted molar refractivity (Wildman–Crippen MR) is 54.6 cm³/mol. The fraction of sp³-hybridized carbons (Fsp3) is 0.818. The van der Waals surface area contributed by atoms with E-state index in [0.717, 1.165) is 6.42 Å². The van der Waals surface area contributed by atoms with Gasteiger partial charge in [0.15, 0.2) is 0 Å².